The van der Waals surface area contributed by atoms with Gasteiger partial charge in [-0.2, -0.15) is 4.99 Å². The lowest BCUT2D eigenvalue weighted by molar-refractivity contribution is -0.713. The van der Waals surface area contributed by atoms with Gasteiger partial charge in [0.2, 0.25) is 5.84 Å². The molecule has 3 aliphatic rings. The highest BCUT2D eigenvalue weighted by molar-refractivity contribution is 6.07. The first-order valence-electron chi connectivity index (χ1n) is 13.0. The Bertz CT molecular complexity index is 1550. The number of carbonyl (C=O) groups is 1. The Kier molecular flexibility index (Phi) is 6.01. The number of nitrogens with one attached hydrogen (secondary N) is 1. The fourth-order valence-electron chi connectivity index (χ4n) is 5.79. The lowest BCUT2D eigenvalue weighted by Gasteiger charge is -2.30. The first-order valence-corrected chi connectivity index (χ1v) is 13.0. The molecule has 0 aliphatic carbocycles. The number of benzene rings is 2. The number of anilines is 1. The molecule has 0 saturated carbocycles. The number of rotatable bonds is 5. The van der Waals surface area contributed by atoms with Gasteiger partial charge in [0.05, 0.1) is 37.8 Å². The van der Waals surface area contributed by atoms with Crippen LogP contribution in [0.2, 0.25) is 0 Å². The highest BCUT2D eigenvalue weighted by Gasteiger charge is 2.44. The maximum Gasteiger partial charge on any atom is 0.272 e. The van der Waals surface area contributed by atoms with Crippen molar-refractivity contribution in [1.29, 1.82) is 0 Å². The van der Waals surface area contributed by atoms with Gasteiger partial charge in [-0.05, 0) is 63.3 Å². The van der Waals surface area contributed by atoms with E-state index in [1.54, 1.807) is 7.11 Å². The molecule has 0 radical (unpaired) electrons. The van der Waals surface area contributed by atoms with Crippen LogP contribution in [0.1, 0.15) is 28.9 Å². The van der Waals surface area contributed by atoms with E-state index in [4.69, 9.17) is 9.73 Å². The third kappa shape index (κ3) is 3.97. The summed E-state index contributed by atoms with van der Waals surface area (Å²) < 4.78 is 8.13. The molecule has 1 unspecified atom stereocenters. The fraction of sp³-hybridized carbons (Fsp3) is 0.300. The van der Waals surface area contributed by atoms with Crippen LogP contribution >= 0.6 is 0 Å². The molecule has 194 valence electrons. The zero-order chi connectivity index (χ0) is 26.4. The van der Waals surface area contributed by atoms with Gasteiger partial charge in [-0.25, -0.2) is 4.48 Å². The quantitative estimate of drug-likeness (QED) is 0.505. The number of hydrogen-bond acceptors (Lipinski definition) is 5. The summed E-state index contributed by atoms with van der Waals surface area (Å²) in [7, 11) is 7.86. The first kappa shape index (κ1) is 24.3. The van der Waals surface area contributed by atoms with Crippen LogP contribution in [0.4, 0.5) is 5.69 Å². The first-order chi connectivity index (χ1) is 18.4. The molecule has 4 heterocycles. The molecule has 3 aliphatic heterocycles. The van der Waals surface area contributed by atoms with Crippen molar-refractivity contribution in [2.75, 3.05) is 39.6 Å². The number of quaternary nitrogens is 1. The summed E-state index contributed by atoms with van der Waals surface area (Å²) in [5, 5.41) is 4.08. The molecular formula is C30H33N6O2+. The van der Waals surface area contributed by atoms with Crippen molar-refractivity contribution in [3.63, 3.8) is 0 Å². The van der Waals surface area contributed by atoms with Crippen LogP contribution in [0.3, 0.4) is 0 Å². The average Bonchev–Trinajstić information content (AvgIpc) is 3.44. The predicted molar refractivity (Wildman–Crippen MR) is 151 cm³/mol. The number of para-hydroxylation sites is 1. The molecule has 8 heteroatoms. The van der Waals surface area contributed by atoms with Gasteiger partial charge >= 0.3 is 0 Å². The minimum absolute atomic E-state index is 0.185. The lowest BCUT2D eigenvalue weighted by atomic mass is 9.92. The molecule has 1 saturated heterocycles. The molecule has 2 aromatic carbocycles. The highest BCUT2D eigenvalue weighted by atomic mass is 16.5. The number of amides is 1. The molecule has 38 heavy (non-hydrogen) atoms. The molecule has 6 rings (SSSR count). The number of allylic oxidation sites excluding steroid dienone is 2. The molecule has 3 aromatic rings. The third-order valence-corrected chi connectivity index (χ3v) is 8.07. The second-order valence-corrected chi connectivity index (χ2v) is 10.5. The summed E-state index contributed by atoms with van der Waals surface area (Å²) in [6.45, 7) is 2.14. The normalized spacial score (nSPS) is 21.6. The number of aliphatic imine (C=N–C) groups is 2. The third-order valence-electron chi connectivity index (χ3n) is 8.07. The standard InChI is InChI=1S/C30H32N6O2/c1-34-14-11-20(12-15-34)28-26-19-31-13-16-36(26,3)29(33-28)22-9-10-23(27(18-22)38-4)32-30(37)25-17-21-7-5-6-8-24(21)35(25)2/h5-10,13,16-20H,11-12,14-15H2,1-4H3/p+1. The smallest absolute Gasteiger partial charge is 0.272 e. The van der Waals surface area contributed by atoms with Crippen molar-refractivity contribution >= 4 is 34.5 Å². The minimum atomic E-state index is -0.185. The van der Waals surface area contributed by atoms with Gasteiger partial charge in [0.25, 0.3) is 5.91 Å². The van der Waals surface area contributed by atoms with Crippen molar-refractivity contribution in [2.45, 2.75) is 12.8 Å². The van der Waals surface area contributed by atoms with E-state index < -0.39 is 0 Å². The molecule has 0 spiro atoms. The number of carbonyl (C=O) groups excluding carboxylic acids is 1. The number of methoxy groups -OCH3 is 1. The molecule has 0 bridgehead atoms. The number of amidine groups is 1. The SMILES string of the molecule is COc1cc(C2=NC(C3CCN(C)CC3)=C3C=NC=C[N+]23C)ccc1NC(=O)c1cc2ccccc2n1C. The Balaban J connectivity index is 1.31. The lowest BCUT2D eigenvalue weighted by Crippen LogP contribution is -2.43. The van der Waals surface area contributed by atoms with Crippen molar-refractivity contribution in [1.82, 2.24) is 9.47 Å². The predicted octanol–water partition coefficient (Wildman–Crippen LogP) is 4.76. The Morgan fingerprint density at radius 2 is 1.89 bits per heavy atom. The van der Waals surface area contributed by atoms with Crippen LogP contribution < -0.4 is 10.1 Å². The van der Waals surface area contributed by atoms with Crippen LogP contribution in [0.5, 0.6) is 5.75 Å². The van der Waals surface area contributed by atoms with E-state index in [1.807, 2.05) is 72.6 Å². The topological polar surface area (TPSA) is 71.2 Å². The molecule has 1 amide bonds. The van der Waals surface area contributed by atoms with Crippen LogP contribution in [0.25, 0.3) is 10.9 Å². The maximum absolute atomic E-state index is 13.2. The van der Waals surface area contributed by atoms with Crippen molar-refractivity contribution < 1.29 is 14.0 Å². The van der Waals surface area contributed by atoms with E-state index >= 15 is 0 Å². The van der Waals surface area contributed by atoms with Gasteiger partial charge in [-0.15, -0.1) is 0 Å². The van der Waals surface area contributed by atoms with Crippen molar-refractivity contribution in [2.24, 2.45) is 23.0 Å². The molecule has 1 atom stereocenters. The zero-order valence-electron chi connectivity index (χ0n) is 22.3. The van der Waals surface area contributed by atoms with E-state index in [-0.39, 0.29) is 5.91 Å². The molecule has 1 fully saturated rings. The Morgan fingerprint density at radius 3 is 2.66 bits per heavy atom. The minimum Gasteiger partial charge on any atom is -0.495 e. The van der Waals surface area contributed by atoms with E-state index in [0.717, 1.165) is 59.6 Å². The number of ether oxygens (including phenoxy) is 1. The van der Waals surface area contributed by atoms with Gasteiger partial charge in [0.15, 0.2) is 5.70 Å². The number of aromatic nitrogens is 1. The number of piperidine rings is 1. The second-order valence-electron chi connectivity index (χ2n) is 10.5. The van der Waals surface area contributed by atoms with Gasteiger partial charge in [-0.1, -0.05) is 18.2 Å². The molecular weight excluding hydrogens is 476 g/mol. The largest absolute Gasteiger partial charge is 0.495 e. The summed E-state index contributed by atoms with van der Waals surface area (Å²) in [5.74, 6) is 1.75. The summed E-state index contributed by atoms with van der Waals surface area (Å²) in [6, 6.07) is 15.8. The highest BCUT2D eigenvalue weighted by Crippen LogP contribution is 2.40. The van der Waals surface area contributed by atoms with E-state index in [2.05, 4.69) is 35.5 Å². The van der Waals surface area contributed by atoms with Gasteiger partial charge in [0.1, 0.15) is 23.3 Å². The maximum atomic E-state index is 13.2. The monoisotopic (exact) mass is 509 g/mol. The Morgan fingerprint density at radius 1 is 1.11 bits per heavy atom. The van der Waals surface area contributed by atoms with Crippen LogP contribution in [0.15, 0.2) is 82.3 Å². The van der Waals surface area contributed by atoms with Gasteiger partial charge in [0, 0.05) is 23.9 Å². The average molecular weight is 510 g/mol. The van der Waals surface area contributed by atoms with Gasteiger partial charge in [-0.3, -0.25) is 9.79 Å². The second kappa shape index (κ2) is 9.38. The number of nitrogens with zero attached hydrogens (tertiary/aromatic N) is 5. The number of fused-ring (bicyclic) bond motifs is 2. The van der Waals surface area contributed by atoms with Crippen LogP contribution in [-0.2, 0) is 7.05 Å². The summed E-state index contributed by atoms with van der Waals surface area (Å²) in [5.41, 5.74) is 5.43. The summed E-state index contributed by atoms with van der Waals surface area (Å²) >= 11 is 0. The van der Waals surface area contributed by atoms with Crippen LogP contribution in [-0.4, -0.2) is 66.2 Å². The Labute approximate surface area is 222 Å². The molecule has 1 N–H and O–H groups in total. The molecule has 1 aromatic heterocycles. The van der Waals surface area contributed by atoms with E-state index in [1.165, 1.54) is 0 Å². The zero-order valence-corrected chi connectivity index (χ0v) is 22.3. The molecule has 8 nitrogen and oxygen atoms in total. The number of hydrogen-bond donors (Lipinski definition) is 1. The number of likely N-dealkylation sites (tertiary alicyclic amines) is 1. The van der Waals surface area contributed by atoms with Crippen molar-refractivity contribution in [3.8, 4) is 5.75 Å². The van der Waals surface area contributed by atoms with Crippen molar-refractivity contribution in [3.05, 3.63) is 83.6 Å². The summed E-state index contributed by atoms with van der Waals surface area (Å²) in [6.07, 6.45) is 8.06. The van der Waals surface area contributed by atoms with E-state index in [0.29, 0.717) is 27.5 Å². The summed E-state index contributed by atoms with van der Waals surface area (Å²) in [4.78, 5) is 25.3. The van der Waals surface area contributed by atoms with Gasteiger partial charge < -0.3 is 19.5 Å². The fourth-order valence-corrected chi connectivity index (χ4v) is 5.79. The number of aryl methyl sites for hydroxylation is 1. The van der Waals surface area contributed by atoms with Crippen LogP contribution in [0, 0.1) is 5.92 Å². The Hall–Kier alpha value is -4.01. The van der Waals surface area contributed by atoms with E-state index in [9.17, 15) is 4.79 Å².